The average Bonchev–Trinajstić information content (AvgIpc) is 2.58. The predicted octanol–water partition coefficient (Wildman–Crippen LogP) is 3.27. The minimum atomic E-state index is -0.0312. The molecule has 0 atom stereocenters. The molecule has 0 aliphatic heterocycles. The number of hydrogen-bond acceptors (Lipinski definition) is 5. The van der Waals surface area contributed by atoms with Crippen LogP contribution in [0.2, 0.25) is 5.02 Å². The molecule has 118 valence electrons. The van der Waals surface area contributed by atoms with Gasteiger partial charge in [0.2, 0.25) is 5.88 Å². The monoisotopic (exact) mass is 329 g/mol. The number of aliphatic hydroxyl groups is 1. The van der Waals surface area contributed by atoms with Crippen LogP contribution in [0, 0.1) is 0 Å². The number of halogens is 1. The van der Waals surface area contributed by atoms with Gasteiger partial charge in [0.25, 0.3) is 0 Å². The van der Waals surface area contributed by atoms with Crippen molar-refractivity contribution in [1.29, 1.82) is 0 Å². The first-order valence-electron chi connectivity index (χ1n) is 7.23. The van der Waals surface area contributed by atoms with E-state index in [2.05, 4.69) is 15.3 Å². The van der Waals surface area contributed by atoms with E-state index in [9.17, 15) is 0 Å². The second-order valence-corrected chi connectivity index (χ2v) is 5.39. The summed E-state index contributed by atoms with van der Waals surface area (Å²) in [6.45, 7) is 0.795. The SMILES string of the molecule is OCCOc1ccc(NCc2cc(Cl)cc3cccnc23)cn1. The van der Waals surface area contributed by atoms with Crippen molar-refractivity contribution < 1.29 is 9.84 Å². The molecule has 3 rings (SSSR count). The van der Waals surface area contributed by atoms with Gasteiger partial charge in [0, 0.05) is 29.2 Å². The Bertz CT molecular complexity index is 793. The third kappa shape index (κ3) is 3.88. The fraction of sp³-hybridized carbons (Fsp3) is 0.176. The summed E-state index contributed by atoms with van der Waals surface area (Å²) in [5.74, 6) is 0.486. The molecule has 0 saturated carbocycles. The maximum absolute atomic E-state index is 8.72. The Balaban J connectivity index is 1.73. The molecular formula is C17H16ClN3O2. The van der Waals surface area contributed by atoms with E-state index >= 15 is 0 Å². The van der Waals surface area contributed by atoms with Gasteiger partial charge in [0.15, 0.2) is 0 Å². The summed E-state index contributed by atoms with van der Waals surface area (Å²) in [6, 6.07) is 11.3. The molecule has 5 nitrogen and oxygen atoms in total. The molecule has 23 heavy (non-hydrogen) atoms. The molecule has 2 N–H and O–H groups in total. The summed E-state index contributed by atoms with van der Waals surface area (Å²) in [7, 11) is 0. The summed E-state index contributed by atoms with van der Waals surface area (Å²) in [5.41, 5.74) is 2.82. The van der Waals surface area contributed by atoms with E-state index < -0.39 is 0 Å². The van der Waals surface area contributed by atoms with Gasteiger partial charge in [0.05, 0.1) is 24.0 Å². The number of nitrogens with zero attached hydrogens (tertiary/aromatic N) is 2. The normalized spacial score (nSPS) is 10.7. The molecule has 0 fully saturated rings. The van der Waals surface area contributed by atoms with Crippen LogP contribution in [0.1, 0.15) is 5.56 Å². The number of hydrogen-bond donors (Lipinski definition) is 2. The van der Waals surface area contributed by atoms with Crippen molar-refractivity contribution in [2.45, 2.75) is 6.54 Å². The lowest BCUT2D eigenvalue weighted by Gasteiger charge is -2.10. The molecule has 0 bridgehead atoms. The quantitative estimate of drug-likeness (QED) is 0.726. The van der Waals surface area contributed by atoms with Crippen LogP contribution < -0.4 is 10.1 Å². The fourth-order valence-electron chi connectivity index (χ4n) is 2.28. The predicted molar refractivity (Wildman–Crippen MR) is 90.9 cm³/mol. The second-order valence-electron chi connectivity index (χ2n) is 4.95. The fourth-order valence-corrected chi connectivity index (χ4v) is 2.53. The molecule has 3 aromatic rings. The van der Waals surface area contributed by atoms with Crippen molar-refractivity contribution in [3.8, 4) is 5.88 Å². The zero-order valence-corrected chi connectivity index (χ0v) is 13.1. The number of benzene rings is 1. The Hall–Kier alpha value is -2.37. The first-order chi connectivity index (χ1) is 11.3. The van der Waals surface area contributed by atoms with Crippen LogP contribution in [0.3, 0.4) is 0 Å². The number of ether oxygens (including phenoxy) is 1. The molecule has 0 spiro atoms. The van der Waals surface area contributed by atoms with Crippen molar-refractivity contribution in [3.63, 3.8) is 0 Å². The van der Waals surface area contributed by atoms with Crippen LogP contribution in [0.25, 0.3) is 10.9 Å². The molecule has 0 amide bonds. The number of anilines is 1. The molecule has 0 aliphatic rings. The van der Waals surface area contributed by atoms with Gasteiger partial charge < -0.3 is 15.2 Å². The van der Waals surface area contributed by atoms with Crippen molar-refractivity contribution >= 4 is 28.2 Å². The summed E-state index contributed by atoms with van der Waals surface area (Å²) in [5, 5.41) is 13.7. The minimum absolute atomic E-state index is 0.0312. The third-order valence-corrected chi connectivity index (χ3v) is 3.53. The molecule has 6 heteroatoms. The van der Waals surface area contributed by atoms with Crippen molar-refractivity contribution in [1.82, 2.24) is 9.97 Å². The average molecular weight is 330 g/mol. The summed E-state index contributed by atoms with van der Waals surface area (Å²) < 4.78 is 5.23. The number of aliphatic hydroxyl groups excluding tert-OH is 1. The highest BCUT2D eigenvalue weighted by Gasteiger charge is 2.05. The third-order valence-electron chi connectivity index (χ3n) is 3.31. The van der Waals surface area contributed by atoms with Gasteiger partial charge in [-0.2, -0.15) is 0 Å². The van der Waals surface area contributed by atoms with Gasteiger partial charge in [-0.3, -0.25) is 4.98 Å². The number of aromatic nitrogens is 2. The Morgan fingerprint density at radius 2 is 2.09 bits per heavy atom. The Labute approximate surface area is 138 Å². The molecule has 1 aromatic carbocycles. The van der Waals surface area contributed by atoms with E-state index in [1.807, 2.05) is 30.3 Å². The molecule has 2 aromatic heterocycles. The Morgan fingerprint density at radius 3 is 2.87 bits per heavy atom. The number of rotatable bonds is 6. The Kier molecular flexibility index (Phi) is 4.90. The topological polar surface area (TPSA) is 67.3 Å². The lowest BCUT2D eigenvalue weighted by molar-refractivity contribution is 0.196. The van der Waals surface area contributed by atoms with Gasteiger partial charge in [-0.15, -0.1) is 0 Å². The molecule has 0 unspecified atom stereocenters. The first-order valence-corrected chi connectivity index (χ1v) is 7.61. The van der Waals surface area contributed by atoms with Crippen molar-refractivity contribution in [2.24, 2.45) is 0 Å². The molecule has 0 aliphatic carbocycles. The molecular weight excluding hydrogens is 314 g/mol. The molecule has 0 radical (unpaired) electrons. The van der Waals surface area contributed by atoms with E-state index in [0.29, 0.717) is 17.4 Å². The van der Waals surface area contributed by atoms with E-state index in [0.717, 1.165) is 22.2 Å². The van der Waals surface area contributed by atoms with Crippen LogP contribution in [0.5, 0.6) is 5.88 Å². The summed E-state index contributed by atoms with van der Waals surface area (Å²) in [4.78, 5) is 8.60. The largest absolute Gasteiger partial charge is 0.475 e. The Morgan fingerprint density at radius 1 is 1.17 bits per heavy atom. The first kappa shape index (κ1) is 15.5. The van der Waals surface area contributed by atoms with E-state index in [1.54, 1.807) is 18.5 Å². The minimum Gasteiger partial charge on any atom is -0.475 e. The van der Waals surface area contributed by atoms with E-state index in [4.69, 9.17) is 21.4 Å². The van der Waals surface area contributed by atoms with Gasteiger partial charge in [-0.25, -0.2) is 4.98 Å². The van der Waals surface area contributed by atoms with E-state index in [1.165, 1.54) is 0 Å². The van der Waals surface area contributed by atoms with Gasteiger partial charge >= 0.3 is 0 Å². The zero-order valence-electron chi connectivity index (χ0n) is 12.4. The van der Waals surface area contributed by atoms with Gasteiger partial charge in [-0.1, -0.05) is 17.7 Å². The summed E-state index contributed by atoms with van der Waals surface area (Å²) >= 11 is 6.17. The highest BCUT2D eigenvalue weighted by molar-refractivity contribution is 6.31. The van der Waals surface area contributed by atoms with Gasteiger partial charge in [0.1, 0.15) is 6.61 Å². The van der Waals surface area contributed by atoms with Crippen molar-refractivity contribution in [3.05, 3.63) is 59.4 Å². The van der Waals surface area contributed by atoms with Crippen LogP contribution in [0.15, 0.2) is 48.8 Å². The van der Waals surface area contributed by atoms with Crippen LogP contribution in [0.4, 0.5) is 5.69 Å². The molecule has 2 heterocycles. The zero-order chi connectivity index (χ0) is 16.1. The maximum Gasteiger partial charge on any atom is 0.213 e. The van der Waals surface area contributed by atoms with Gasteiger partial charge in [-0.05, 0) is 29.8 Å². The number of fused-ring (bicyclic) bond motifs is 1. The highest BCUT2D eigenvalue weighted by atomic mass is 35.5. The lowest BCUT2D eigenvalue weighted by Crippen LogP contribution is -2.04. The maximum atomic E-state index is 8.72. The smallest absolute Gasteiger partial charge is 0.213 e. The standard InChI is InChI=1S/C17H16ClN3O2/c18-14-8-12-2-1-5-19-17(12)13(9-14)10-20-15-3-4-16(21-11-15)23-7-6-22/h1-5,8-9,11,20,22H,6-7,10H2. The highest BCUT2D eigenvalue weighted by Crippen LogP contribution is 2.23. The van der Waals surface area contributed by atoms with Crippen LogP contribution >= 0.6 is 11.6 Å². The van der Waals surface area contributed by atoms with Crippen molar-refractivity contribution in [2.75, 3.05) is 18.5 Å². The molecule has 0 saturated heterocycles. The van der Waals surface area contributed by atoms with E-state index in [-0.39, 0.29) is 13.2 Å². The van der Waals surface area contributed by atoms with Crippen LogP contribution in [-0.2, 0) is 6.54 Å². The lowest BCUT2D eigenvalue weighted by atomic mass is 10.1. The number of pyridine rings is 2. The summed E-state index contributed by atoms with van der Waals surface area (Å²) in [6.07, 6.45) is 3.46. The van der Waals surface area contributed by atoms with Crippen LogP contribution in [-0.4, -0.2) is 28.3 Å². The second kappa shape index (κ2) is 7.26. The number of nitrogens with one attached hydrogen (secondary N) is 1.